The lowest BCUT2D eigenvalue weighted by Crippen LogP contribution is -2.03. The molecule has 0 aliphatic heterocycles. The fourth-order valence-corrected chi connectivity index (χ4v) is 1.66. The van der Waals surface area contributed by atoms with Gasteiger partial charge >= 0.3 is 5.97 Å². The number of hydrogen-bond acceptors (Lipinski definition) is 2. The van der Waals surface area contributed by atoms with Crippen molar-refractivity contribution in [2.45, 2.75) is 0 Å². The zero-order valence-corrected chi connectivity index (χ0v) is 9.54. The SMILES string of the molecule is C=Cc1c(OC)ccc(C(=O)O)c1C(=C)Cl. The van der Waals surface area contributed by atoms with Gasteiger partial charge in [-0.15, -0.1) is 0 Å². The lowest BCUT2D eigenvalue weighted by atomic mass is 9.99. The quantitative estimate of drug-likeness (QED) is 0.876. The Morgan fingerprint density at radius 1 is 1.56 bits per heavy atom. The lowest BCUT2D eigenvalue weighted by molar-refractivity contribution is 0.0696. The van der Waals surface area contributed by atoms with Crippen molar-refractivity contribution in [1.82, 2.24) is 0 Å². The van der Waals surface area contributed by atoms with Gasteiger partial charge in [-0.05, 0) is 12.1 Å². The molecular formula is C12H11ClO3. The summed E-state index contributed by atoms with van der Waals surface area (Å²) in [6.45, 7) is 7.16. The number of carboxylic acid groups (broad SMARTS) is 1. The van der Waals surface area contributed by atoms with Crippen molar-refractivity contribution >= 4 is 28.7 Å². The average molecular weight is 239 g/mol. The van der Waals surface area contributed by atoms with Crippen LogP contribution < -0.4 is 4.74 Å². The van der Waals surface area contributed by atoms with E-state index in [-0.39, 0.29) is 10.6 Å². The number of hydrogen-bond donors (Lipinski definition) is 1. The number of carboxylic acids is 1. The maximum Gasteiger partial charge on any atom is 0.336 e. The van der Waals surface area contributed by atoms with E-state index in [1.54, 1.807) is 6.07 Å². The van der Waals surface area contributed by atoms with Gasteiger partial charge < -0.3 is 9.84 Å². The van der Waals surface area contributed by atoms with Crippen molar-refractivity contribution in [3.8, 4) is 5.75 Å². The van der Waals surface area contributed by atoms with E-state index in [1.807, 2.05) is 0 Å². The molecule has 16 heavy (non-hydrogen) atoms. The number of aromatic carboxylic acids is 1. The van der Waals surface area contributed by atoms with E-state index < -0.39 is 5.97 Å². The molecule has 0 aliphatic carbocycles. The van der Waals surface area contributed by atoms with Gasteiger partial charge in [0.05, 0.1) is 12.7 Å². The standard InChI is InChI=1S/C12H11ClO3/c1-4-8-10(16-3)6-5-9(12(14)15)11(8)7(2)13/h4-6H,1-2H2,3H3,(H,14,15). The van der Waals surface area contributed by atoms with Crippen LogP contribution in [0.25, 0.3) is 11.1 Å². The van der Waals surface area contributed by atoms with Gasteiger partial charge in [-0.3, -0.25) is 0 Å². The predicted molar refractivity (Wildman–Crippen MR) is 64.9 cm³/mol. The van der Waals surface area contributed by atoms with Crippen LogP contribution in [0.4, 0.5) is 0 Å². The molecule has 0 fully saturated rings. The maximum atomic E-state index is 11.0. The smallest absolute Gasteiger partial charge is 0.336 e. The third-order valence-electron chi connectivity index (χ3n) is 2.13. The van der Waals surface area contributed by atoms with Crippen LogP contribution in [0.2, 0.25) is 0 Å². The fourth-order valence-electron chi connectivity index (χ4n) is 1.45. The molecule has 0 aromatic heterocycles. The minimum absolute atomic E-state index is 0.0794. The Balaban J connectivity index is 3.63. The normalized spacial score (nSPS) is 9.62. The van der Waals surface area contributed by atoms with E-state index >= 15 is 0 Å². The first-order valence-electron chi connectivity index (χ1n) is 4.44. The molecule has 4 heteroatoms. The van der Waals surface area contributed by atoms with Crippen molar-refractivity contribution in [3.63, 3.8) is 0 Å². The fraction of sp³-hybridized carbons (Fsp3) is 0.0833. The minimum atomic E-state index is -1.07. The molecule has 0 radical (unpaired) electrons. The predicted octanol–water partition coefficient (Wildman–Crippen LogP) is 3.25. The van der Waals surface area contributed by atoms with Crippen LogP contribution in [0, 0.1) is 0 Å². The van der Waals surface area contributed by atoms with Crippen LogP contribution in [0.3, 0.4) is 0 Å². The van der Waals surface area contributed by atoms with E-state index in [1.165, 1.54) is 19.3 Å². The third kappa shape index (κ3) is 2.09. The lowest BCUT2D eigenvalue weighted by Gasteiger charge is -2.12. The van der Waals surface area contributed by atoms with Crippen LogP contribution in [0.15, 0.2) is 25.3 Å². The Bertz CT molecular complexity index is 464. The van der Waals surface area contributed by atoms with E-state index in [0.717, 1.165) is 0 Å². The molecule has 1 aromatic rings. The summed E-state index contributed by atoms with van der Waals surface area (Å²) in [6.07, 6.45) is 1.49. The Hall–Kier alpha value is -1.74. The molecule has 0 heterocycles. The monoisotopic (exact) mass is 238 g/mol. The number of methoxy groups -OCH3 is 1. The highest BCUT2D eigenvalue weighted by Crippen LogP contribution is 2.32. The summed E-state index contributed by atoms with van der Waals surface area (Å²) in [5.74, 6) is -0.556. The van der Waals surface area contributed by atoms with Gasteiger partial charge in [-0.2, -0.15) is 0 Å². The van der Waals surface area contributed by atoms with Gasteiger partial charge in [0.2, 0.25) is 0 Å². The summed E-state index contributed by atoms with van der Waals surface area (Å²) in [5.41, 5.74) is 0.946. The van der Waals surface area contributed by atoms with E-state index in [9.17, 15) is 4.79 Å². The third-order valence-corrected chi connectivity index (χ3v) is 2.32. The number of ether oxygens (including phenoxy) is 1. The molecule has 1 aromatic carbocycles. The number of halogens is 1. The van der Waals surface area contributed by atoms with Crippen molar-refractivity contribution < 1.29 is 14.6 Å². The Labute approximate surface area is 98.6 Å². The summed E-state index contributed by atoms with van der Waals surface area (Å²) >= 11 is 5.80. The number of benzene rings is 1. The van der Waals surface area contributed by atoms with Crippen molar-refractivity contribution in [2.24, 2.45) is 0 Å². The second kappa shape index (κ2) is 4.86. The molecule has 0 unspecified atom stereocenters. The Kier molecular flexibility index (Phi) is 3.74. The van der Waals surface area contributed by atoms with Gasteiger partial charge in [-0.1, -0.05) is 30.8 Å². The first-order valence-corrected chi connectivity index (χ1v) is 4.82. The average Bonchev–Trinajstić information content (AvgIpc) is 2.26. The van der Waals surface area contributed by atoms with E-state index in [4.69, 9.17) is 21.4 Å². The molecule has 0 spiro atoms. The highest BCUT2D eigenvalue weighted by molar-refractivity contribution is 6.49. The largest absolute Gasteiger partial charge is 0.496 e. The van der Waals surface area contributed by atoms with Crippen molar-refractivity contribution in [3.05, 3.63) is 42.0 Å². The molecule has 1 rings (SSSR count). The number of carbonyl (C=O) groups is 1. The van der Waals surface area contributed by atoms with Crippen LogP contribution in [-0.2, 0) is 0 Å². The molecule has 0 saturated heterocycles. The van der Waals surface area contributed by atoms with E-state index in [0.29, 0.717) is 16.9 Å². The van der Waals surface area contributed by atoms with Gasteiger partial charge in [0.1, 0.15) is 5.75 Å². The topological polar surface area (TPSA) is 46.5 Å². The molecule has 1 N–H and O–H groups in total. The summed E-state index contributed by atoms with van der Waals surface area (Å²) in [4.78, 5) is 11.0. The molecule has 0 saturated carbocycles. The molecular weight excluding hydrogens is 228 g/mol. The molecule has 0 bridgehead atoms. The Morgan fingerprint density at radius 2 is 2.19 bits per heavy atom. The molecule has 84 valence electrons. The van der Waals surface area contributed by atoms with Crippen LogP contribution in [0.1, 0.15) is 21.5 Å². The van der Waals surface area contributed by atoms with Gasteiger partial charge in [0.15, 0.2) is 0 Å². The second-order valence-corrected chi connectivity index (χ2v) is 3.47. The maximum absolute atomic E-state index is 11.0. The van der Waals surface area contributed by atoms with E-state index in [2.05, 4.69) is 13.2 Å². The second-order valence-electron chi connectivity index (χ2n) is 3.02. The first kappa shape index (κ1) is 12.3. The molecule has 3 nitrogen and oxygen atoms in total. The van der Waals surface area contributed by atoms with Gasteiger partial charge in [-0.25, -0.2) is 4.79 Å². The molecule has 0 atom stereocenters. The van der Waals surface area contributed by atoms with Crippen molar-refractivity contribution in [1.29, 1.82) is 0 Å². The summed E-state index contributed by atoms with van der Waals surface area (Å²) < 4.78 is 5.10. The highest BCUT2D eigenvalue weighted by atomic mass is 35.5. The molecule has 0 aliphatic rings. The number of rotatable bonds is 4. The van der Waals surface area contributed by atoms with Crippen molar-refractivity contribution in [2.75, 3.05) is 7.11 Å². The summed E-state index contributed by atoms with van der Waals surface area (Å²) in [7, 11) is 1.49. The van der Waals surface area contributed by atoms with Gasteiger partial charge in [0.25, 0.3) is 0 Å². The highest BCUT2D eigenvalue weighted by Gasteiger charge is 2.17. The van der Waals surface area contributed by atoms with Gasteiger partial charge in [0, 0.05) is 16.2 Å². The van der Waals surface area contributed by atoms with Crippen LogP contribution in [-0.4, -0.2) is 18.2 Å². The zero-order valence-electron chi connectivity index (χ0n) is 8.79. The first-order chi connectivity index (χ1) is 7.52. The van der Waals surface area contributed by atoms with Crippen LogP contribution in [0.5, 0.6) is 5.75 Å². The molecule has 0 amide bonds. The van der Waals surface area contributed by atoms with Crippen LogP contribution >= 0.6 is 11.6 Å². The Morgan fingerprint density at radius 3 is 2.56 bits per heavy atom. The summed E-state index contributed by atoms with van der Waals surface area (Å²) in [6, 6.07) is 2.99. The summed E-state index contributed by atoms with van der Waals surface area (Å²) in [5, 5.41) is 9.17. The minimum Gasteiger partial charge on any atom is -0.496 e. The zero-order chi connectivity index (χ0) is 12.3.